The summed E-state index contributed by atoms with van der Waals surface area (Å²) in [7, 11) is 3.29. The van der Waals surface area contributed by atoms with E-state index in [-0.39, 0.29) is 34.4 Å². The van der Waals surface area contributed by atoms with Gasteiger partial charge in [0.2, 0.25) is 0 Å². The van der Waals surface area contributed by atoms with E-state index in [1.54, 1.807) is 25.1 Å². The van der Waals surface area contributed by atoms with Gasteiger partial charge in [-0.15, -0.1) is 0 Å². The number of aromatic nitrogens is 4. The lowest BCUT2D eigenvalue weighted by Gasteiger charge is -2.38. The average Bonchev–Trinajstić information content (AvgIpc) is 2.84. The largest absolute Gasteiger partial charge is 0.418 e. The van der Waals surface area contributed by atoms with Crippen LogP contribution in [0.5, 0.6) is 0 Å². The van der Waals surface area contributed by atoms with Gasteiger partial charge in [-0.1, -0.05) is 0 Å². The molecule has 13 heteroatoms. The summed E-state index contributed by atoms with van der Waals surface area (Å²) in [6, 6.07) is 5.74. The Morgan fingerprint density at radius 3 is 2.49 bits per heavy atom. The summed E-state index contributed by atoms with van der Waals surface area (Å²) < 4.78 is 41.2. The van der Waals surface area contributed by atoms with Crippen LogP contribution in [-0.2, 0) is 6.18 Å². The zero-order valence-corrected chi connectivity index (χ0v) is 20.7. The molecule has 3 aromatic rings. The van der Waals surface area contributed by atoms with Crippen LogP contribution < -0.4 is 26.6 Å². The van der Waals surface area contributed by atoms with Crippen molar-refractivity contribution in [1.29, 1.82) is 0 Å². The van der Waals surface area contributed by atoms with Crippen LogP contribution in [0.3, 0.4) is 0 Å². The number of anilines is 4. The molecule has 10 nitrogen and oxygen atoms in total. The summed E-state index contributed by atoms with van der Waals surface area (Å²) in [5, 5.41) is 2.68. The molecule has 1 fully saturated rings. The third kappa shape index (κ3) is 5.71. The number of pyridine rings is 2. The first-order chi connectivity index (χ1) is 17.4. The SMILES string of the molecule is CN(C)c1ccc(C(F)(F)F)c(-c2cnc(N)c(C(=O)Nc3ncccc3N3CCC(C)(N)CC3)n2)n1. The Hall–Kier alpha value is -4.00. The number of piperidine rings is 1. The predicted octanol–water partition coefficient (Wildman–Crippen LogP) is 3.17. The van der Waals surface area contributed by atoms with Crippen LogP contribution in [0.4, 0.5) is 36.3 Å². The number of amides is 1. The van der Waals surface area contributed by atoms with Gasteiger partial charge in [0, 0.05) is 38.9 Å². The van der Waals surface area contributed by atoms with E-state index < -0.39 is 23.3 Å². The first-order valence-electron chi connectivity index (χ1n) is 11.5. The molecule has 37 heavy (non-hydrogen) atoms. The number of carbonyl (C=O) groups is 1. The highest BCUT2D eigenvalue weighted by molar-refractivity contribution is 6.06. The number of nitrogens with zero attached hydrogens (tertiary/aromatic N) is 6. The second-order valence-corrected chi connectivity index (χ2v) is 9.41. The number of carbonyl (C=O) groups excluding carboxylic acids is 1. The van der Waals surface area contributed by atoms with Crippen LogP contribution in [0.1, 0.15) is 35.8 Å². The van der Waals surface area contributed by atoms with E-state index in [0.717, 1.165) is 25.1 Å². The van der Waals surface area contributed by atoms with Crippen molar-refractivity contribution in [2.75, 3.05) is 48.0 Å². The van der Waals surface area contributed by atoms with Gasteiger partial charge in [0.05, 0.1) is 17.4 Å². The monoisotopic (exact) mass is 515 g/mol. The Morgan fingerprint density at radius 2 is 1.84 bits per heavy atom. The second kappa shape index (κ2) is 9.81. The number of hydrogen-bond donors (Lipinski definition) is 3. The lowest BCUT2D eigenvalue weighted by Crippen LogP contribution is -2.48. The lowest BCUT2D eigenvalue weighted by molar-refractivity contribution is -0.137. The quantitative estimate of drug-likeness (QED) is 0.467. The lowest BCUT2D eigenvalue weighted by atomic mass is 9.91. The molecule has 0 bridgehead atoms. The van der Waals surface area contributed by atoms with Crippen molar-refractivity contribution in [3.8, 4) is 11.4 Å². The summed E-state index contributed by atoms with van der Waals surface area (Å²) in [4.78, 5) is 33.3. The number of nitrogens with two attached hydrogens (primary N) is 2. The molecule has 1 saturated heterocycles. The van der Waals surface area contributed by atoms with Gasteiger partial charge in [-0.25, -0.2) is 19.9 Å². The van der Waals surface area contributed by atoms with E-state index >= 15 is 0 Å². The van der Waals surface area contributed by atoms with E-state index in [1.165, 1.54) is 12.3 Å². The van der Waals surface area contributed by atoms with Crippen molar-refractivity contribution in [1.82, 2.24) is 19.9 Å². The minimum absolute atomic E-state index is 0.241. The van der Waals surface area contributed by atoms with Crippen LogP contribution >= 0.6 is 0 Å². The van der Waals surface area contributed by atoms with Crippen LogP contribution in [-0.4, -0.2) is 58.6 Å². The highest BCUT2D eigenvalue weighted by atomic mass is 19.4. The molecule has 0 spiro atoms. The van der Waals surface area contributed by atoms with Gasteiger partial charge in [-0.05, 0) is 44.0 Å². The van der Waals surface area contributed by atoms with Gasteiger partial charge in [0.15, 0.2) is 17.3 Å². The van der Waals surface area contributed by atoms with Gasteiger partial charge < -0.3 is 26.6 Å². The van der Waals surface area contributed by atoms with E-state index in [4.69, 9.17) is 11.5 Å². The molecule has 4 heterocycles. The summed E-state index contributed by atoms with van der Waals surface area (Å²) >= 11 is 0. The molecule has 0 aromatic carbocycles. The van der Waals surface area contributed by atoms with Crippen molar-refractivity contribution in [2.45, 2.75) is 31.5 Å². The molecule has 3 aromatic heterocycles. The fraction of sp³-hybridized carbons (Fsp3) is 0.375. The van der Waals surface area contributed by atoms with Crippen LogP contribution in [0, 0.1) is 0 Å². The Morgan fingerprint density at radius 1 is 1.14 bits per heavy atom. The maximum absolute atomic E-state index is 13.7. The number of nitrogen functional groups attached to an aromatic ring is 1. The van der Waals surface area contributed by atoms with E-state index in [1.807, 2.05) is 13.0 Å². The Labute approximate surface area is 211 Å². The fourth-order valence-corrected chi connectivity index (χ4v) is 3.98. The average molecular weight is 516 g/mol. The summed E-state index contributed by atoms with van der Waals surface area (Å²) in [5.74, 6) is -0.456. The molecular formula is C24H28F3N9O. The van der Waals surface area contributed by atoms with Crippen LogP contribution in [0.15, 0.2) is 36.7 Å². The highest BCUT2D eigenvalue weighted by Crippen LogP contribution is 2.37. The molecule has 0 radical (unpaired) electrons. The molecule has 0 unspecified atom stereocenters. The molecular weight excluding hydrogens is 487 g/mol. The van der Waals surface area contributed by atoms with Gasteiger partial charge in [0.1, 0.15) is 17.2 Å². The summed E-state index contributed by atoms with van der Waals surface area (Å²) in [6.07, 6.45) is -0.594. The van der Waals surface area contributed by atoms with Gasteiger partial charge in [-0.3, -0.25) is 4.79 Å². The normalized spacial score (nSPS) is 15.4. The van der Waals surface area contributed by atoms with E-state index in [9.17, 15) is 18.0 Å². The number of halogens is 3. The maximum atomic E-state index is 13.7. The topological polar surface area (TPSA) is 139 Å². The number of hydrogen-bond acceptors (Lipinski definition) is 9. The highest BCUT2D eigenvalue weighted by Gasteiger charge is 2.36. The fourth-order valence-electron chi connectivity index (χ4n) is 3.98. The zero-order chi connectivity index (χ0) is 27.0. The second-order valence-electron chi connectivity index (χ2n) is 9.41. The van der Waals surface area contributed by atoms with Crippen molar-refractivity contribution < 1.29 is 18.0 Å². The van der Waals surface area contributed by atoms with Crippen LogP contribution in [0.2, 0.25) is 0 Å². The van der Waals surface area contributed by atoms with Crippen molar-refractivity contribution in [3.05, 3.63) is 47.9 Å². The molecule has 1 amide bonds. The molecule has 1 aliphatic heterocycles. The molecule has 0 saturated carbocycles. The van der Waals surface area contributed by atoms with Crippen LogP contribution in [0.25, 0.3) is 11.4 Å². The van der Waals surface area contributed by atoms with E-state index in [2.05, 4.69) is 30.2 Å². The van der Waals surface area contributed by atoms with Gasteiger partial charge in [0.25, 0.3) is 5.91 Å². The van der Waals surface area contributed by atoms with Crippen molar-refractivity contribution in [2.24, 2.45) is 5.73 Å². The summed E-state index contributed by atoms with van der Waals surface area (Å²) in [5.41, 5.74) is 10.5. The molecule has 5 N–H and O–H groups in total. The number of rotatable bonds is 5. The summed E-state index contributed by atoms with van der Waals surface area (Å²) in [6.45, 7) is 3.35. The third-order valence-corrected chi connectivity index (χ3v) is 6.17. The Kier molecular flexibility index (Phi) is 6.91. The number of nitrogens with one attached hydrogen (secondary N) is 1. The Bertz CT molecular complexity index is 1300. The molecule has 1 aliphatic rings. The first-order valence-corrected chi connectivity index (χ1v) is 11.5. The zero-order valence-electron chi connectivity index (χ0n) is 20.7. The Balaban J connectivity index is 1.67. The van der Waals surface area contributed by atoms with E-state index in [0.29, 0.717) is 18.8 Å². The minimum atomic E-state index is -4.70. The van der Waals surface area contributed by atoms with Crippen molar-refractivity contribution in [3.63, 3.8) is 0 Å². The molecule has 0 aliphatic carbocycles. The van der Waals surface area contributed by atoms with Crippen molar-refractivity contribution >= 4 is 29.0 Å². The molecule has 0 atom stereocenters. The molecule has 4 rings (SSSR count). The molecule has 196 valence electrons. The standard InChI is InChI=1S/C24H28F3N9O/c1-23(29)8-11-36(12-9-23)16-5-4-10-30-21(16)34-22(37)19-20(28)31-13-15(32-19)18-14(24(25,26)27)6-7-17(33-18)35(2)3/h4-7,10,13H,8-9,11-12,29H2,1-3H3,(H2,28,31)(H,30,34,37). The first kappa shape index (κ1) is 26.1. The minimum Gasteiger partial charge on any atom is -0.382 e. The predicted molar refractivity (Wildman–Crippen MR) is 135 cm³/mol. The maximum Gasteiger partial charge on any atom is 0.418 e. The van der Waals surface area contributed by atoms with Gasteiger partial charge in [-0.2, -0.15) is 13.2 Å². The van der Waals surface area contributed by atoms with Gasteiger partial charge >= 0.3 is 6.18 Å². The number of alkyl halides is 3. The third-order valence-electron chi connectivity index (χ3n) is 6.17. The smallest absolute Gasteiger partial charge is 0.382 e.